The molecule has 98 valence electrons. The van der Waals surface area contributed by atoms with Crippen molar-refractivity contribution in [2.75, 3.05) is 5.73 Å². The minimum atomic E-state index is -0.138. The molecule has 0 saturated heterocycles. The van der Waals surface area contributed by atoms with Crippen molar-refractivity contribution >= 4 is 23.1 Å². The second kappa shape index (κ2) is 5.89. The molecule has 0 spiro atoms. The van der Waals surface area contributed by atoms with E-state index in [4.69, 9.17) is 17.3 Å². The highest BCUT2D eigenvalue weighted by atomic mass is 35.5. The van der Waals surface area contributed by atoms with Gasteiger partial charge in [-0.15, -0.1) is 0 Å². The van der Waals surface area contributed by atoms with Crippen LogP contribution in [0.2, 0.25) is 5.02 Å². The third-order valence-electron chi connectivity index (χ3n) is 3.21. The molecule has 0 aliphatic heterocycles. The number of benzene rings is 2. The maximum absolute atomic E-state index is 12.5. The Labute approximate surface area is 118 Å². The van der Waals surface area contributed by atoms with E-state index in [0.29, 0.717) is 16.3 Å². The number of rotatable bonds is 4. The molecule has 0 radical (unpaired) electrons. The van der Waals surface area contributed by atoms with Crippen LogP contribution in [-0.4, -0.2) is 5.78 Å². The molecule has 3 heteroatoms. The van der Waals surface area contributed by atoms with E-state index in [1.165, 1.54) is 0 Å². The lowest BCUT2D eigenvalue weighted by Crippen LogP contribution is -2.12. The van der Waals surface area contributed by atoms with Gasteiger partial charge in [-0.1, -0.05) is 48.9 Å². The highest BCUT2D eigenvalue weighted by molar-refractivity contribution is 6.33. The van der Waals surface area contributed by atoms with Crippen molar-refractivity contribution in [1.29, 1.82) is 0 Å². The van der Waals surface area contributed by atoms with E-state index in [0.717, 1.165) is 12.0 Å². The van der Waals surface area contributed by atoms with Gasteiger partial charge in [-0.2, -0.15) is 0 Å². The molecule has 2 rings (SSSR count). The normalized spacial score (nSPS) is 12.1. The van der Waals surface area contributed by atoms with E-state index < -0.39 is 0 Å². The van der Waals surface area contributed by atoms with Gasteiger partial charge in [0.1, 0.15) is 0 Å². The van der Waals surface area contributed by atoms with Crippen LogP contribution in [0.15, 0.2) is 48.5 Å². The third kappa shape index (κ3) is 2.96. The van der Waals surface area contributed by atoms with Gasteiger partial charge in [-0.25, -0.2) is 0 Å². The number of Topliss-reactive ketones (excluding diaryl/α,β-unsaturated/α-hetero) is 1. The summed E-state index contributed by atoms with van der Waals surface area (Å²) in [5, 5.41) is 0.425. The van der Waals surface area contributed by atoms with E-state index in [-0.39, 0.29) is 11.7 Å². The average molecular weight is 274 g/mol. The Morgan fingerprint density at radius 3 is 2.47 bits per heavy atom. The Kier molecular flexibility index (Phi) is 4.23. The van der Waals surface area contributed by atoms with Crippen molar-refractivity contribution in [1.82, 2.24) is 0 Å². The van der Waals surface area contributed by atoms with E-state index >= 15 is 0 Å². The first-order valence-electron chi connectivity index (χ1n) is 6.27. The molecule has 2 N–H and O–H groups in total. The molecule has 0 aliphatic rings. The van der Waals surface area contributed by atoms with Gasteiger partial charge in [0, 0.05) is 11.5 Å². The van der Waals surface area contributed by atoms with Gasteiger partial charge in [-0.3, -0.25) is 4.79 Å². The van der Waals surface area contributed by atoms with Crippen molar-refractivity contribution in [3.8, 4) is 0 Å². The summed E-state index contributed by atoms with van der Waals surface area (Å²) < 4.78 is 0. The van der Waals surface area contributed by atoms with Crippen LogP contribution in [-0.2, 0) is 0 Å². The van der Waals surface area contributed by atoms with Gasteiger partial charge in [-0.05, 0) is 30.2 Å². The van der Waals surface area contributed by atoms with Crippen LogP contribution in [0.5, 0.6) is 0 Å². The van der Waals surface area contributed by atoms with E-state index in [2.05, 4.69) is 0 Å². The fourth-order valence-electron chi connectivity index (χ4n) is 2.14. The number of nitrogen functional groups attached to an aromatic ring is 1. The third-order valence-corrected chi connectivity index (χ3v) is 3.54. The van der Waals surface area contributed by atoms with E-state index in [9.17, 15) is 4.79 Å². The summed E-state index contributed by atoms with van der Waals surface area (Å²) in [6.45, 7) is 2.01. The Bertz CT molecular complexity index is 581. The summed E-state index contributed by atoms with van der Waals surface area (Å²) in [5.74, 6) is -0.0588. The molecule has 0 amide bonds. The summed E-state index contributed by atoms with van der Waals surface area (Å²) in [5.41, 5.74) is 7.79. The first-order valence-corrected chi connectivity index (χ1v) is 6.65. The first-order chi connectivity index (χ1) is 9.13. The predicted octanol–water partition coefficient (Wildman–Crippen LogP) is 4.30. The zero-order chi connectivity index (χ0) is 13.8. The molecule has 1 atom stereocenters. The van der Waals surface area contributed by atoms with Crippen LogP contribution in [0.1, 0.15) is 35.2 Å². The molecule has 2 aromatic carbocycles. The Balaban J connectivity index is 2.33. The number of nitrogens with two attached hydrogens (primary N) is 1. The summed E-state index contributed by atoms with van der Waals surface area (Å²) in [6.07, 6.45) is 0.755. The van der Waals surface area contributed by atoms with E-state index in [1.54, 1.807) is 18.2 Å². The molecule has 0 saturated carbocycles. The lowest BCUT2D eigenvalue weighted by molar-refractivity contribution is 0.0957. The zero-order valence-corrected chi connectivity index (χ0v) is 11.5. The summed E-state index contributed by atoms with van der Waals surface area (Å²) in [4.78, 5) is 12.5. The molecular weight excluding hydrogens is 258 g/mol. The van der Waals surface area contributed by atoms with Crippen molar-refractivity contribution in [3.05, 3.63) is 64.7 Å². The van der Waals surface area contributed by atoms with Crippen molar-refractivity contribution in [2.45, 2.75) is 19.3 Å². The van der Waals surface area contributed by atoms with Crippen LogP contribution in [0.4, 0.5) is 5.69 Å². The first kappa shape index (κ1) is 13.6. The monoisotopic (exact) mass is 273 g/mol. The highest BCUT2D eigenvalue weighted by Crippen LogP contribution is 2.27. The Morgan fingerprint density at radius 2 is 1.89 bits per heavy atom. The highest BCUT2D eigenvalue weighted by Gasteiger charge is 2.20. The van der Waals surface area contributed by atoms with Crippen LogP contribution in [0, 0.1) is 0 Å². The topological polar surface area (TPSA) is 43.1 Å². The predicted molar refractivity (Wildman–Crippen MR) is 79.7 cm³/mol. The Morgan fingerprint density at radius 1 is 1.21 bits per heavy atom. The number of carbonyl (C=O) groups is 1. The standard InChI is InChI=1S/C16H16ClNO/c1-2-13(11-6-4-3-5-7-11)16(19)12-8-9-15(18)14(17)10-12/h3-10,13H,2,18H2,1H3. The number of ketones is 1. The SMILES string of the molecule is CCC(C(=O)c1ccc(N)c(Cl)c1)c1ccccc1. The fraction of sp³-hybridized carbons (Fsp3) is 0.188. The van der Waals surface area contributed by atoms with Crippen molar-refractivity contribution < 1.29 is 4.79 Å². The van der Waals surface area contributed by atoms with Gasteiger partial charge < -0.3 is 5.73 Å². The van der Waals surface area contributed by atoms with Crippen LogP contribution in [0.3, 0.4) is 0 Å². The van der Waals surface area contributed by atoms with E-state index in [1.807, 2.05) is 37.3 Å². The summed E-state index contributed by atoms with van der Waals surface area (Å²) in [7, 11) is 0. The molecular formula is C16H16ClNO. The second-order valence-electron chi connectivity index (χ2n) is 4.47. The summed E-state index contributed by atoms with van der Waals surface area (Å²) >= 11 is 5.97. The largest absolute Gasteiger partial charge is 0.398 e. The molecule has 0 fully saturated rings. The molecule has 1 unspecified atom stereocenters. The molecule has 19 heavy (non-hydrogen) atoms. The molecule has 0 heterocycles. The maximum Gasteiger partial charge on any atom is 0.170 e. The minimum Gasteiger partial charge on any atom is -0.398 e. The molecule has 0 aliphatic carbocycles. The molecule has 0 aromatic heterocycles. The van der Waals surface area contributed by atoms with Crippen molar-refractivity contribution in [2.24, 2.45) is 0 Å². The average Bonchev–Trinajstić information content (AvgIpc) is 2.44. The number of anilines is 1. The molecule has 2 nitrogen and oxygen atoms in total. The number of hydrogen-bond donors (Lipinski definition) is 1. The minimum absolute atomic E-state index is 0.0793. The fourth-order valence-corrected chi connectivity index (χ4v) is 2.32. The van der Waals surface area contributed by atoms with Gasteiger partial charge >= 0.3 is 0 Å². The number of halogens is 1. The van der Waals surface area contributed by atoms with Gasteiger partial charge in [0.05, 0.1) is 10.7 Å². The van der Waals surface area contributed by atoms with Crippen LogP contribution >= 0.6 is 11.6 Å². The van der Waals surface area contributed by atoms with Gasteiger partial charge in [0.25, 0.3) is 0 Å². The van der Waals surface area contributed by atoms with Gasteiger partial charge in [0.15, 0.2) is 5.78 Å². The maximum atomic E-state index is 12.5. The van der Waals surface area contributed by atoms with Crippen molar-refractivity contribution in [3.63, 3.8) is 0 Å². The van der Waals surface area contributed by atoms with Crippen LogP contribution < -0.4 is 5.73 Å². The lowest BCUT2D eigenvalue weighted by atomic mass is 9.88. The van der Waals surface area contributed by atoms with Crippen LogP contribution in [0.25, 0.3) is 0 Å². The summed E-state index contributed by atoms with van der Waals surface area (Å²) in [6, 6.07) is 14.8. The lowest BCUT2D eigenvalue weighted by Gasteiger charge is -2.14. The second-order valence-corrected chi connectivity index (χ2v) is 4.88. The molecule has 2 aromatic rings. The smallest absolute Gasteiger partial charge is 0.170 e. The molecule has 0 bridgehead atoms. The Hall–Kier alpha value is -1.80. The number of carbonyl (C=O) groups excluding carboxylic acids is 1. The number of hydrogen-bond acceptors (Lipinski definition) is 2. The quantitative estimate of drug-likeness (QED) is 0.667. The zero-order valence-electron chi connectivity index (χ0n) is 10.8. The van der Waals surface area contributed by atoms with Gasteiger partial charge in [0.2, 0.25) is 0 Å².